The second-order valence-electron chi connectivity index (χ2n) is 6.60. The van der Waals surface area contributed by atoms with Crippen LogP contribution in [0.3, 0.4) is 0 Å². The van der Waals surface area contributed by atoms with Crippen LogP contribution in [0.15, 0.2) is 71.7 Å². The van der Waals surface area contributed by atoms with Gasteiger partial charge in [-0.25, -0.2) is 9.97 Å². The maximum absolute atomic E-state index is 12.9. The smallest absolute Gasteiger partial charge is 0.267 e. The molecule has 150 valence electrons. The van der Waals surface area contributed by atoms with E-state index in [0.29, 0.717) is 46.2 Å². The number of anilines is 1. The van der Waals surface area contributed by atoms with Gasteiger partial charge in [-0.2, -0.15) is 0 Å². The van der Waals surface area contributed by atoms with E-state index in [2.05, 4.69) is 15.3 Å². The molecular formula is C23H20N4O3. The second-order valence-corrected chi connectivity index (χ2v) is 6.60. The number of aryl methyl sites for hydroxylation is 1. The first-order chi connectivity index (χ1) is 14.6. The van der Waals surface area contributed by atoms with Gasteiger partial charge in [0.1, 0.15) is 11.6 Å². The maximum atomic E-state index is 12.9. The number of nitrogens with zero attached hydrogens (tertiary/aromatic N) is 3. The van der Waals surface area contributed by atoms with Crippen LogP contribution >= 0.6 is 0 Å². The van der Waals surface area contributed by atoms with Gasteiger partial charge >= 0.3 is 0 Å². The van der Waals surface area contributed by atoms with Gasteiger partial charge in [0.05, 0.1) is 23.2 Å². The topological polar surface area (TPSA) is 86.1 Å². The predicted octanol–water partition coefficient (Wildman–Crippen LogP) is 3.74. The van der Waals surface area contributed by atoms with Crippen molar-refractivity contribution >= 4 is 22.6 Å². The number of ether oxygens (including phenoxy) is 1. The summed E-state index contributed by atoms with van der Waals surface area (Å²) in [6.07, 6.45) is 1.61. The van der Waals surface area contributed by atoms with Crippen molar-refractivity contribution in [3.8, 4) is 11.4 Å². The molecule has 0 unspecified atom stereocenters. The molecule has 0 aliphatic carbocycles. The zero-order chi connectivity index (χ0) is 21.1. The second kappa shape index (κ2) is 8.16. The third kappa shape index (κ3) is 3.65. The van der Waals surface area contributed by atoms with Crippen LogP contribution in [0.25, 0.3) is 16.7 Å². The van der Waals surface area contributed by atoms with Gasteiger partial charge in [0.2, 0.25) is 0 Å². The van der Waals surface area contributed by atoms with Crippen LogP contribution in [0, 0.1) is 6.92 Å². The van der Waals surface area contributed by atoms with Crippen LogP contribution in [0.5, 0.6) is 5.75 Å². The minimum absolute atomic E-state index is 0.187. The Hall–Kier alpha value is -4.00. The van der Waals surface area contributed by atoms with Gasteiger partial charge in [-0.05, 0) is 62.4 Å². The Kier molecular flexibility index (Phi) is 5.26. The minimum atomic E-state index is -0.265. The molecule has 2 heterocycles. The van der Waals surface area contributed by atoms with Gasteiger partial charge in [-0.15, -0.1) is 0 Å². The Labute approximate surface area is 173 Å². The highest BCUT2D eigenvalue weighted by Gasteiger charge is 2.13. The molecule has 0 bridgehead atoms. The molecule has 0 saturated carbocycles. The molecule has 4 aromatic rings. The van der Waals surface area contributed by atoms with Crippen molar-refractivity contribution in [2.24, 2.45) is 0 Å². The highest BCUT2D eigenvalue weighted by atomic mass is 16.5. The van der Waals surface area contributed by atoms with Gasteiger partial charge in [-0.1, -0.05) is 12.1 Å². The Balaban J connectivity index is 1.62. The fourth-order valence-electron chi connectivity index (χ4n) is 3.26. The van der Waals surface area contributed by atoms with Crippen molar-refractivity contribution in [3.05, 3.63) is 88.6 Å². The van der Waals surface area contributed by atoms with Crippen LogP contribution < -0.4 is 15.6 Å². The number of pyridine rings is 1. The fraction of sp³-hybridized carbons (Fsp3) is 0.130. The molecule has 7 nitrogen and oxygen atoms in total. The number of rotatable bonds is 5. The summed E-state index contributed by atoms with van der Waals surface area (Å²) in [4.78, 5) is 34.1. The first kappa shape index (κ1) is 19.3. The number of para-hydroxylation sites is 1. The highest BCUT2D eigenvalue weighted by Crippen LogP contribution is 2.21. The monoisotopic (exact) mass is 400 g/mol. The molecule has 0 radical (unpaired) electrons. The van der Waals surface area contributed by atoms with Crippen molar-refractivity contribution in [1.29, 1.82) is 0 Å². The van der Waals surface area contributed by atoms with Gasteiger partial charge in [0.15, 0.2) is 5.65 Å². The zero-order valence-corrected chi connectivity index (χ0v) is 16.6. The lowest BCUT2D eigenvalue weighted by Crippen LogP contribution is -2.22. The van der Waals surface area contributed by atoms with Crippen molar-refractivity contribution in [2.75, 3.05) is 11.9 Å². The summed E-state index contributed by atoms with van der Waals surface area (Å²) in [6, 6.07) is 17.5. The van der Waals surface area contributed by atoms with E-state index < -0.39 is 0 Å². The summed E-state index contributed by atoms with van der Waals surface area (Å²) >= 11 is 0. The van der Waals surface area contributed by atoms with E-state index in [9.17, 15) is 9.59 Å². The van der Waals surface area contributed by atoms with Gasteiger partial charge in [0.25, 0.3) is 11.5 Å². The van der Waals surface area contributed by atoms with Crippen LogP contribution in [-0.4, -0.2) is 27.0 Å². The molecule has 0 aliphatic rings. The number of hydrogen-bond donors (Lipinski definition) is 1. The number of amides is 1. The van der Waals surface area contributed by atoms with Gasteiger partial charge in [0, 0.05) is 11.9 Å². The Bertz CT molecular complexity index is 1280. The van der Waals surface area contributed by atoms with Crippen molar-refractivity contribution < 1.29 is 9.53 Å². The van der Waals surface area contributed by atoms with E-state index >= 15 is 0 Å². The van der Waals surface area contributed by atoms with Crippen LogP contribution in [0.2, 0.25) is 0 Å². The van der Waals surface area contributed by atoms with E-state index in [-0.39, 0.29) is 11.5 Å². The molecule has 0 aliphatic heterocycles. The molecule has 1 amide bonds. The van der Waals surface area contributed by atoms with E-state index in [4.69, 9.17) is 4.74 Å². The SMILES string of the molecule is CCOc1ccccc1C(=O)Nc1ccc(-n2c(C)nc3ncccc3c2=O)cc1. The maximum Gasteiger partial charge on any atom is 0.267 e. The summed E-state index contributed by atoms with van der Waals surface area (Å²) in [6.45, 7) is 4.10. The van der Waals surface area contributed by atoms with Crippen molar-refractivity contribution in [2.45, 2.75) is 13.8 Å². The number of carbonyl (C=O) groups is 1. The third-order valence-electron chi connectivity index (χ3n) is 4.63. The third-order valence-corrected chi connectivity index (χ3v) is 4.63. The van der Waals surface area contributed by atoms with E-state index in [1.54, 1.807) is 67.7 Å². The molecule has 1 N–H and O–H groups in total. The lowest BCUT2D eigenvalue weighted by Gasteiger charge is -2.12. The molecule has 0 atom stereocenters. The Morgan fingerprint density at radius 2 is 1.83 bits per heavy atom. The summed E-state index contributed by atoms with van der Waals surface area (Å²) in [7, 11) is 0. The van der Waals surface area contributed by atoms with Crippen molar-refractivity contribution in [1.82, 2.24) is 14.5 Å². The largest absolute Gasteiger partial charge is 0.493 e. The number of carbonyl (C=O) groups excluding carboxylic acids is 1. The quantitative estimate of drug-likeness (QED) is 0.552. The van der Waals surface area contributed by atoms with E-state index in [1.807, 2.05) is 13.0 Å². The summed E-state index contributed by atoms with van der Waals surface area (Å²) in [5.74, 6) is 0.805. The zero-order valence-electron chi connectivity index (χ0n) is 16.6. The molecular weight excluding hydrogens is 380 g/mol. The molecule has 0 fully saturated rings. The molecule has 0 saturated heterocycles. The lowest BCUT2D eigenvalue weighted by molar-refractivity contribution is 0.102. The first-order valence-electron chi connectivity index (χ1n) is 9.56. The normalized spacial score (nSPS) is 10.7. The lowest BCUT2D eigenvalue weighted by atomic mass is 10.1. The van der Waals surface area contributed by atoms with E-state index in [0.717, 1.165) is 0 Å². The molecule has 2 aromatic heterocycles. The number of aromatic nitrogens is 3. The van der Waals surface area contributed by atoms with Crippen LogP contribution in [-0.2, 0) is 0 Å². The van der Waals surface area contributed by atoms with Gasteiger partial charge < -0.3 is 10.1 Å². The average molecular weight is 400 g/mol. The Morgan fingerprint density at radius 3 is 2.60 bits per heavy atom. The van der Waals surface area contributed by atoms with Crippen LogP contribution in [0.4, 0.5) is 5.69 Å². The van der Waals surface area contributed by atoms with Gasteiger partial charge in [-0.3, -0.25) is 14.2 Å². The molecule has 7 heteroatoms. The summed E-state index contributed by atoms with van der Waals surface area (Å²) in [5.41, 5.74) is 1.96. The number of hydrogen-bond acceptors (Lipinski definition) is 5. The molecule has 0 spiro atoms. The fourth-order valence-corrected chi connectivity index (χ4v) is 3.26. The molecule has 2 aromatic carbocycles. The predicted molar refractivity (Wildman–Crippen MR) is 115 cm³/mol. The van der Waals surface area contributed by atoms with E-state index in [1.165, 1.54) is 4.57 Å². The van der Waals surface area contributed by atoms with Crippen LogP contribution in [0.1, 0.15) is 23.1 Å². The Morgan fingerprint density at radius 1 is 1.07 bits per heavy atom. The summed E-state index contributed by atoms with van der Waals surface area (Å²) in [5, 5.41) is 3.31. The molecule has 4 rings (SSSR count). The standard InChI is InChI=1S/C23H20N4O3/c1-3-30-20-9-5-4-7-18(20)22(28)26-16-10-12-17(13-11-16)27-15(2)25-21-19(23(27)29)8-6-14-24-21/h4-14H,3H2,1-2H3,(H,26,28). The minimum Gasteiger partial charge on any atom is -0.493 e. The number of fused-ring (bicyclic) bond motifs is 1. The van der Waals surface area contributed by atoms with Crippen molar-refractivity contribution in [3.63, 3.8) is 0 Å². The molecule has 30 heavy (non-hydrogen) atoms. The number of benzene rings is 2. The first-order valence-corrected chi connectivity index (χ1v) is 9.56. The average Bonchev–Trinajstić information content (AvgIpc) is 2.75. The number of nitrogens with one attached hydrogen (secondary N) is 1. The summed E-state index contributed by atoms with van der Waals surface area (Å²) < 4.78 is 7.05. The highest BCUT2D eigenvalue weighted by molar-refractivity contribution is 6.06.